The van der Waals surface area contributed by atoms with Crippen LogP contribution >= 0.6 is 0 Å². The Morgan fingerprint density at radius 2 is 1.68 bits per heavy atom. The first-order valence-electron chi connectivity index (χ1n) is 12.0. The van der Waals surface area contributed by atoms with Gasteiger partial charge >= 0.3 is 0 Å². The van der Waals surface area contributed by atoms with E-state index < -0.39 is 0 Å². The van der Waals surface area contributed by atoms with E-state index in [0.717, 1.165) is 37.9 Å². The number of carbonyl (C=O) groups is 1. The van der Waals surface area contributed by atoms with Crippen LogP contribution in [0.25, 0.3) is 0 Å². The SMILES string of the molecule is COc1ccc([C@H]2CCCC[C@H]2NC(=O)c2cccc(OCCc3ccccc3)c2)cc1OC. The van der Waals surface area contributed by atoms with Gasteiger partial charge in [-0.3, -0.25) is 4.79 Å². The fourth-order valence-electron chi connectivity index (χ4n) is 4.70. The Hall–Kier alpha value is -3.47. The normalized spacial score (nSPS) is 17.6. The molecule has 1 aliphatic carbocycles. The molecule has 0 saturated heterocycles. The van der Waals surface area contributed by atoms with Crippen LogP contribution in [0.15, 0.2) is 72.8 Å². The van der Waals surface area contributed by atoms with Crippen LogP contribution in [-0.4, -0.2) is 32.8 Å². The van der Waals surface area contributed by atoms with Gasteiger partial charge in [0.1, 0.15) is 5.75 Å². The van der Waals surface area contributed by atoms with Gasteiger partial charge in [-0.1, -0.05) is 55.3 Å². The summed E-state index contributed by atoms with van der Waals surface area (Å²) >= 11 is 0. The highest BCUT2D eigenvalue weighted by molar-refractivity contribution is 5.94. The van der Waals surface area contributed by atoms with Crippen LogP contribution in [0.2, 0.25) is 0 Å². The quantitative estimate of drug-likeness (QED) is 0.441. The van der Waals surface area contributed by atoms with Crippen molar-refractivity contribution in [3.05, 3.63) is 89.5 Å². The van der Waals surface area contributed by atoms with E-state index in [4.69, 9.17) is 14.2 Å². The zero-order chi connectivity index (χ0) is 23.8. The first-order chi connectivity index (χ1) is 16.7. The minimum absolute atomic E-state index is 0.0640. The summed E-state index contributed by atoms with van der Waals surface area (Å²) in [6, 6.07) is 23.8. The molecule has 0 radical (unpaired) electrons. The molecule has 1 N–H and O–H groups in total. The maximum atomic E-state index is 13.1. The third-order valence-electron chi connectivity index (χ3n) is 6.52. The molecule has 3 aromatic rings. The van der Waals surface area contributed by atoms with Crippen LogP contribution in [0.1, 0.15) is 53.1 Å². The van der Waals surface area contributed by atoms with Gasteiger partial charge in [-0.25, -0.2) is 0 Å². The Kier molecular flexibility index (Phi) is 8.08. The maximum absolute atomic E-state index is 13.1. The molecule has 0 aliphatic heterocycles. The van der Waals surface area contributed by atoms with E-state index in [1.807, 2.05) is 54.6 Å². The predicted octanol–water partition coefficient (Wildman–Crippen LogP) is 5.78. The Labute approximate surface area is 202 Å². The van der Waals surface area contributed by atoms with Gasteiger partial charge in [0.15, 0.2) is 11.5 Å². The predicted molar refractivity (Wildman–Crippen MR) is 134 cm³/mol. The number of methoxy groups -OCH3 is 2. The number of hydrogen-bond donors (Lipinski definition) is 1. The number of amides is 1. The second kappa shape index (κ2) is 11.6. The molecule has 0 heterocycles. The molecule has 0 spiro atoms. The van der Waals surface area contributed by atoms with Crippen molar-refractivity contribution < 1.29 is 19.0 Å². The lowest BCUT2D eigenvalue weighted by Crippen LogP contribution is -2.41. The highest BCUT2D eigenvalue weighted by Crippen LogP contribution is 2.37. The van der Waals surface area contributed by atoms with E-state index in [2.05, 4.69) is 23.5 Å². The second-order valence-corrected chi connectivity index (χ2v) is 8.70. The lowest BCUT2D eigenvalue weighted by atomic mass is 9.79. The molecule has 1 amide bonds. The zero-order valence-electron chi connectivity index (χ0n) is 20.0. The van der Waals surface area contributed by atoms with Gasteiger partial charge in [0, 0.05) is 23.9 Å². The smallest absolute Gasteiger partial charge is 0.251 e. The van der Waals surface area contributed by atoms with Gasteiger partial charge in [-0.15, -0.1) is 0 Å². The molecule has 3 aromatic carbocycles. The third-order valence-corrected chi connectivity index (χ3v) is 6.52. The molecule has 0 aromatic heterocycles. The molecule has 1 fully saturated rings. The Bertz CT molecular complexity index is 1080. The van der Waals surface area contributed by atoms with Gasteiger partial charge in [-0.2, -0.15) is 0 Å². The Balaban J connectivity index is 1.41. The molecule has 1 aliphatic rings. The lowest BCUT2D eigenvalue weighted by Gasteiger charge is -2.33. The summed E-state index contributed by atoms with van der Waals surface area (Å²) in [5.41, 5.74) is 3.02. The molecule has 5 heteroatoms. The summed E-state index contributed by atoms with van der Waals surface area (Å²) in [5, 5.41) is 3.29. The monoisotopic (exact) mass is 459 g/mol. The first-order valence-corrected chi connectivity index (χ1v) is 12.0. The van der Waals surface area contributed by atoms with Crippen molar-refractivity contribution in [1.82, 2.24) is 5.32 Å². The lowest BCUT2D eigenvalue weighted by molar-refractivity contribution is 0.0920. The number of rotatable bonds is 9. The summed E-state index contributed by atoms with van der Waals surface area (Å²) in [4.78, 5) is 13.1. The molecule has 5 nitrogen and oxygen atoms in total. The van der Waals surface area contributed by atoms with Crippen LogP contribution in [0.3, 0.4) is 0 Å². The van der Waals surface area contributed by atoms with E-state index in [9.17, 15) is 4.79 Å². The standard InChI is InChI=1S/C29H33NO4/c1-32-27-16-15-22(20-28(27)33-2)25-13-6-7-14-26(25)30-29(31)23-11-8-12-24(19-23)34-18-17-21-9-4-3-5-10-21/h3-5,8-12,15-16,19-20,25-26H,6-7,13-14,17-18H2,1-2H3,(H,30,31)/t25-,26-/m1/s1. The molecule has 178 valence electrons. The van der Waals surface area contributed by atoms with Crippen LogP contribution in [0.4, 0.5) is 0 Å². The molecular weight excluding hydrogens is 426 g/mol. The number of ether oxygens (including phenoxy) is 3. The molecule has 4 rings (SSSR count). The van der Waals surface area contributed by atoms with Crippen LogP contribution < -0.4 is 19.5 Å². The Morgan fingerprint density at radius 3 is 2.47 bits per heavy atom. The summed E-state index contributed by atoms with van der Waals surface area (Å²) in [7, 11) is 3.29. The Morgan fingerprint density at radius 1 is 0.882 bits per heavy atom. The van der Waals surface area contributed by atoms with Crippen molar-refractivity contribution in [3.8, 4) is 17.2 Å². The molecule has 0 bridgehead atoms. The van der Waals surface area contributed by atoms with Crippen LogP contribution in [0, 0.1) is 0 Å². The van der Waals surface area contributed by atoms with Gasteiger partial charge in [0.2, 0.25) is 0 Å². The third kappa shape index (κ3) is 5.90. The highest BCUT2D eigenvalue weighted by atomic mass is 16.5. The van der Waals surface area contributed by atoms with Crippen molar-refractivity contribution >= 4 is 5.91 Å². The van der Waals surface area contributed by atoms with Gasteiger partial charge in [0.05, 0.1) is 20.8 Å². The summed E-state index contributed by atoms with van der Waals surface area (Å²) in [6.45, 7) is 0.569. The minimum Gasteiger partial charge on any atom is -0.493 e. The van der Waals surface area contributed by atoms with Crippen LogP contribution in [-0.2, 0) is 6.42 Å². The van der Waals surface area contributed by atoms with E-state index in [0.29, 0.717) is 23.7 Å². The number of carbonyl (C=O) groups excluding carboxylic acids is 1. The van der Waals surface area contributed by atoms with E-state index >= 15 is 0 Å². The van der Waals surface area contributed by atoms with E-state index in [1.165, 1.54) is 11.1 Å². The van der Waals surface area contributed by atoms with E-state index in [-0.39, 0.29) is 17.9 Å². The number of nitrogens with one attached hydrogen (secondary N) is 1. The van der Waals surface area contributed by atoms with E-state index in [1.54, 1.807) is 14.2 Å². The minimum atomic E-state index is -0.0640. The number of benzene rings is 3. The van der Waals surface area contributed by atoms with Crippen LogP contribution in [0.5, 0.6) is 17.2 Å². The van der Waals surface area contributed by atoms with Crippen molar-refractivity contribution in [2.45, 2.75) is 44.1 Å². The van der Waals surface area contributed by atoms with Crippen molar-refractivity contribution in [3.63, 3.8) is 0 Å². The largest absolute Gasteiger partial charge is 0.493 e. The van der Waals surface area contributed by atoms with Crippen molar-refractivity contribution in [2.24, 2.45) is 0 Å². The number of hydrogen-bond acceptors (Lipinski definition) is 4. The fraction of sp³-hybridized carbons (Fsp3) is 0.345. The topological polar surface area (TPSA) is 56.8 Å². The summed E-state index contributed by atoms with van der Waals surface area (Å²) in [5.74, 6) is 2.32. The zero-order valence-corrected chi connectivity index (χ0v) is 20.0. The first kappa shape index (κ1) is 23.7. The molecular formula is C29H33NO4. The molecule has 1 saturated carbocycles. The average molecular weight is 460 g/mol. The summed E-state index contributed by atoms with van der Waals surface area (Å²) < 4.78 is 16.8. The van der Waals surface area contributed by atoms with Crippen molar-refractivity contribution in [1.29, 1.82) is 0 Å². The molecule has 2 atom stereocenters. The van der Waals surface area contributed by atoms with Gasteiger partial charge < -0.3 is 19.5 Å². The molecule has 0 unspecified atom stereocenters. The van der Waals surface area contributed by atoms with Gasteiger partial charge in [0.25, 0.3) is 5.91 Å². The van der Waals surface area contributed by atoms with Gasteiger partial charge in [-0.05, 0) is 54.3 Å². The van der Waals surface area contributed by atoms with Crippen molar-refractivity contribution in [2.75, 3.05) is 20.8 Å². The summed E-state index contributed by atoms with van der Waals surface area (Å²) in [6.07, 6.45) is 5.07. The maximum Gasteiger partial charge on any atom is 0.251 e. The molecule has 34 heavy (non-hydrogen) atoms. The fourth-order valence-corrected chi connectivity index (χ4v) is 4.70. The highest BCUT2D eigenvalue weighted by Gasteiger charge is 2.29. The average Bonchev–Trinajstić information content (AvgIpc) is 2.89. The second-order valence-electron chi connectivity index (χ2n) is 8.70.